The summed E-state index contributed by atoms with van der Waals surface area (Å²) in [6.07, 6.45) is 0.219. The first kappa shape index (κ1) is 18.9. The van der Waals surface area contributed by atoms with Crippen LogP contribution in [0.1, 0.15) is 35.3 Å². The van der Waals surface area contributed by atoms with Crippen molar-refractivity contribution in [2.45, 2.75) is 19.4 Å². The van der Waals surface area contributed by atoms with Crippen LogP contribution in [0.4, 0.5) is 0 Å². The minimum atomic E-state index is -0.181. The summed E-state index contributed by atoms with van der Waals surface area (Å²) in [6.45, 7) is 2.19. The third kappa shape index (κ3) is 5.08. The van der Waals surface area contributed by atoms with Crippen LogP contribution in [-0.4, -0.2) is 18.4 Å². The molecule has 0 radical (unpaired) electrons. The molecule has 0 saturated heterocycles. The molecule has 1 unspecified atom stereocenters. The molecule has 2 amide bonds. The van der Waals surface area contributed by atoms with Crippen LogP contribution in [0, 0.1) is 0 Å². The first-order valence-electron chi connectivity index (χ1n) is 8.85. The van der Waals surface area contributed by atoms with Gasteiger partial charge in [-0.2, -0.15) is 0 Å². The fourth-order valence-electron chi connectivity index (χ4n) is 2.87. The molecule has 0 aromatic heterocycles. The molecule has 138 valence electrons. The van der Waals surface area contributed by atoms with Crippen molar-refractivity contribution in [3.05, 3.63) is 82.9 Å². The topological polar surface area (TPSA) is 58.2 Å². The van der Waals surface area contributed by atoms with Crippen molar-refractivity contribution in [2.24, 2.45) is 0 Å². The van der Waals surface area contributed by atoms with Gasteiger partial charge in [-0.15, -0.1) is 0 Å². The zero-order valence-corrected chi connectivity index (χ0v) is 15.8. The zero-order chi connectivity index (χ0) is 19.2. The average Bonchev–Trinajstić information content (AvgIpc) is 2.68. The quantitative estimate of drug-likeness (QED) is 0.661. The highest BCUT2D eigenvalue weighted by Crippen LogP contribution is 2.17. The highest BCUT2D eigenvalue weighted by molar-refractivity contribution is 6.30. The summed E-state index contributed by atoms with van der Waals surface area (Å²) in [5.41, 5.74) is 1.57. The number of rotatable bonds is 6. The van der Waals surface area contributed by atoms with Gasteiger partial charge in [-0.25, -0.2) is 0 Å². The molecule has 0 bridgehead atoms. The molecule has 0 aliphatic heterocycles. The number of halogens is 1. The van der Waals surface area contributed by atoms with Gasteiger partial charge in [0.1, 0.15) is 0 Å². The van der Waals surface area contributed by atoms with E-state index in [-0.39, 0.29) is 30.8 Å². The van der Waals surface area contributed by atoms with Crippen molar-refractivity contribution in [1.29, 1.82) is 0 Å². The van der Waals surface area contributed by atoms with Gasteiger partial charge in [-0.3, -0.25) is 9.59 Å². The van der Waals surface area contributed by atoms with E-state index in [0.29, 0.717) is 10.6 Å². The van der Waals surface area contributed by atoms with Crippen LogP contribution in [-0.2, 0) is 4.79 Å². The molecule has 5 heteroatoms. The molecule has 3 rings (SSSR count). The summed E-state index contributed by atoms with van der Waals surface area (Å²) in [4.78, 5) is 24.4. The summed E-state index contributed by atoms with van der Waals surface area (Å²) < 4.78 is 0. The molecule has 0 aliphatic carbocycles. The SMILES string of the molecule is CC(NC(=O)CCNC(=O)c1ccc2ccccc2c1)c1ccc(Cl)cc1. The van der Waals surface area contributed by atoms with Gasteiger partial charge in [0.25, 0.3) is 5.91 Å². The lowest BCUT2D eigenvalue weighted by Crippen LogP contribution is -2.32. The molecule has 0 heterocycles. The number of carbonyl (C=O) groups is 2. The van der Waals surface area contributed by atoms with Crippen molar-refractivity contribution >= 4 is 34.2 Å². The third-order valence-electron chi connectivity index (χ3n) is 4.40. The normalized spacial score (nSPS) is 11.8. The smallest absolute Gasteiger partial charge is 0.251 e. The van der Waals surface area contributed by atoms with Gasteiger partial charge in [0.05, 0.1) is 6.04 Å². The van der Waals surface area contributed by atoms with E-state index in [1.54, 1.807) is 18.2 Å². The first-order chi connectivity index (χ1) is 13.0. The number of amides is 2. The largest absolute Gasteiger partial charge is 0.352 e. The van der Waals surface area contributed by atoms with Crippen LogP contribution in [0.3, 0.4) is 0 Å². The van der Waals surface area contributed by atoms with E-state index in [1.165, 1.54) is 0 Å². The van der Waals surface area contributed by atoms with Crippen LogP contribution in [0.15, 0.2) is 66.7 Å². The summed E-state index contributed by atoms with van der Waals surface area (Å²) in [7, 11) is 0. The molecule has 2 N–H and O–H groups in total. The van der Waals surface area contributed by atoms with E-state index in [9.17, 15) is 9.59 Å². The number of hydrogen-bond donors (Lipinski definition) is 2. The monoisotopic (exact) mass is 380 g/mol. The van der Waals surface area contributed by atoms with Crippen LogP contribution in [0.2, 0.25) is 5.02 Å². The number of fused-ring (bicyclic) bond motifs is 1. The zero-order valence-electron chi connectivity index (χ0n) is 15.0. The van der Waals surface area contributed by atoms with Crippen molar-refractivity contribution in [3.8, 4) is 0 Å². The lowest BCUT2D eigenvalue weighted by molar-refractivity contribution is -0.121. The molecular formula is C22H21ClN2O2. The minimum absolute atomic E-state index is 0.115. The Morgan fingerprint density at radius 3 is 2.41 bits per heavy atom. The Kier molecular flexibility index (Phi) is 6.09. The fourth-order valence-corrected chi connectivity index (χ4v) is 3.00. The highest BCUT2D eigenvalue weighted by atomic mass is 35.5. The van der Waals surface area contributed by atoms with Gasteiger partial charge in [-0.1, -0.05) is 54.1 Å². The second-order valence-corrected chi connectivity index (χ2v) is 6.85. The van der Waals surface area contributed by atoms with Gasteiger partial charge in [-0.05, 0) is 47.5 Å². The van der Waals surface area contributed by atoms with Crippen LogP contribution >= 0.6 is 11.6 Å². The van der Waals surface area contributed by atoms with E-state index < -0.39 is 0 Å². The molecule has 0 saturated carbocycles. The summed E-state index contributed by atoms with van der Waals surface area (Å²) in [5, 5.41) is 8.48. The second-order valence-electron chi connectivity index (χ2n) is 6.41. The fraction of sp³-hybridized carbons (Fsp3) is 0.182. The predicted molar refractivity (Wildman–Crippen MR) is 109 cm³/mol. The van der Waals surface area contributed by atoms with Gasteiger partial charge >= 0.3 is 0 Å². The van der Waals surface area contributed by atoms with Gasteiger partial charge in [0, 0.05) is 23.6 Å². The molecule has 4 nitrogen and oxygen atoms in total. The van der Waals surface area contributed by atoms with E-state index in [1.807, 2.05) is 55.5 Å². The molecule has 27 heavy (non-hydrogen) atoms. The van der Waals surface area contributed by atoms with Gasteiger partial charge in [0.2, 0.25) is 5.91 Å². The molecule has 0 spiro atoms. The Hall–Kier alpha value is -2.85. The summed E-state index contributed by atoms with van der Waals surface area (Å²) in [5.74, 6) is -0.296. The van der Waals surface area contributed by atoms with E-state index in [2.05, 4.69) is 10.6 Å². The number of benzene rings is 3. The molecule has 0 aliphatic rings. The maximum atomic E-state index is 12.3. The van der Waals surface area contributed by atoms with E-state index in [0.717, 1.165) is 16.3 Å². The Labute approximate surface area is 163 Å². The third-order valence-corrected chi connectivity index (χ3v) is 4.65. The second kappa shape index (κ2) is 8.69. The molecule has 0 fully saturated rings. The van der Waals surface area contributed by atoms with Crippen LogP contribution in [0.5, 0.6) is 0 Å². The molecule has 3 aromatic rings. The molecule has 3 aromatic carbocycles. The molecule has 1 atom stereocenters. The summed E-state index contributed by atoms with van der Waals surface area (Å²) in [6, 6.07) is 20.7. The Morgan fingerprint density at radius 1 is 0.963 bits per heavy atom. The maximum Gasteiger partial charge on any atom is 0.251 e. The minimum Gasteiger partial charge on any atom is -0.352 e. The first-order valence-corrected chi connectivity index (χ1v) is 9.22. The highest BCUT2D eigenvalue weighted by Gasteiger charge is 2.11. The average molecular weight is 381 g/mol. The molecular weight excluding hydrogens is 360 g/mol. The van der Waals surface area contributed by atoms with Crippen LogP contribution in [0.25, 0.3) is 10.8 Å². The number of hydrogen-bond acceptors (Lipinski definition) is 2. The van der Waals surface area contributed by atoms with Gasteiger partial charge in [0.15, 0.2) is 0 Å². The predicted octanol–water partition coefficient (Wildman–Crippen LogP) is 4.49. The Balaban J connectivity index is 1.48. The van der Waals surface area contributed by atoms with Crippen molar-refractivity contribution in [1.82, 2.24) is 10.6 Å². The summed E-state index contributed by atoms with van der Waals surface area (Å²) >= 11 is 5.88. The number of nitrogens with one attached hydrogen (secondary N) is 2. The van der Waals surface area contributed by atoms with Crippen LogP contribution < -0.4 is 10.6 Å². The van der Waals surface area contributed by atoms with Crippen molar-refractivity contribution in [2.75, 3.05) is 6.54 Å². The standard InChI is InChI=1S/C22H21ClN2O2/c1-15(16-8-10-20(23)11-9-16)25-21(26)12-13-24-22(27)19-7-6-17-4-2-3-5-18(17)14-19/h2-11,14-15H,12-13H2,1H3,(H,24,27)(H,25,26). The lowest BCUT2D eigenvalue weighted by atomic mass is 10.1. The Bertz CT molecular complexity index is 954. The van der Waals surface area contributed by atoms with Crippen molar-refractivity contribution in [3.63, 3.8) is 0 Å². The van der Waals surface area contributed by atoms with E-state index in [4.69, 9.17) is 11.6 Å². The van der Waals surface area contributed by atoms with Crippen molar-refractivity contribution < 1.29 is 9.59 Å². The van der Waals surface area contributed by atoms with Gasteiger partial charge < -0.3 is 10.6 Å². The lowest BCUT2D eigenvalue weighted by Gasteiger charge is -2.14. The maximum absolute atomic E-state index is 12.3. The Morgan fingerprint density at radius 2 is 1.67 bits per heavy atom. The number of carbonyl (C=O) groups excluding carboxylic acids is 2. The van der Waals surface area contributed by atoms with E-state index >= 15 is 0 Å².